The Morgan fingerprint density at radius 3 is 2.81 bits per heavy atom. The van der Waals surface area contributed by atoms with Crippen molar-refractivity contribution in [3.05, 3.63) is 22.4 Å². The van der Waals surface area contributed by atoms with Gasteiger partial charge in [-0.25, -0.2) is 0 Å². The van der Waals surface area contributed by atoms with Crippen LogP contribution in [-0.4, -0.2) is 18.0 Å². The minimum Gasteiger partial charge on any atom is -0.347 e. The van der Waals surface area contributed by atoms with E-state index >= 15 is 0 Å². The van der Waals surface area contributed by atoms with Crippen LogP contribution in [-0.2, 0) is 4.79 Å². The molecule has 21 heavy (non-hydrogen) atoms. The highest BCUT2D eigenvalue weighted by Crippen LogP contribution is 2.37. The minimum absolute atomic E-state index is 0.187. The van der Waals surface area contributed by atoms with E-state index in [1.807, 2.05) is 0 Å². The predicted molar refractivity (Wildman–Crippen MR) is 87.4 cm³/mol. The lowest BCUT2D eigenvalue weighted by atomic mass is 9.88. The summed E-state index contributed by atoms with van der Waals surface area (Å²) in [4.78, 5) is 14.1. The fraction of sp³-hybridized carbons (Fsp3) is 0.706. The molecule has 1 aromatic heterocycles. The van der Waals surface area contributed by atoms with Crippen LogP contribution < -0.4 is 10.6 Å². The molecule has 3 nitrogen and oxygen atoms in total. The number of piperidine rings is 1. The summed E-state index contributed by atoms with van der Waals surface area (Å²) >= 11 is 1.77. The maximum Gasteiger partial charge on any atom is 0.240 e. The van der Waals surface area contributed by atoms with Gasteiger partial charge in [0.15, 0.2) is 0 Å². The lowest BCUT2D eigenvalue weighted by Gasteiger charge is -2.36. The van der Waals surface area contributed by atoms with Crippen molar-refractivity contribution in [2.45, 2.75) is 63.5 Å². The monoisotopic (exact) mass is 306 g/mol. The summed E-state index contributed by atoms with van der Waals surface area (Å²) in [6, 6.07) is 4.47. The molecule has 116 valence electrons. The van der Waals surface area contributed by atoms with Crippen LogP contribution in [0.2, 0.25) is 0 Å². The van der Waals surface area contributed by atoms with E-state index in [-0.39, 0.29) is 17.5 Å². The average Bonchev–Trinajstić information content (AvgIpc) is 3.18. The second kappa shape index (κ2) is 6.49. The number of nitrogens with one attached hydrogen (secondary N) is 2. The molecule has 2 fully saturated rings. The van der Waals surface area contributed by atoms with E-state index < -0.39 is 0 Å². The normalized spacial score (nSPS) is 28.4. The molecule has 1 saturated heterocycles. The van der Waals surface area contributed by atoms with Gasteiger partial charge in [-0.2, -0.15) is 0 Å². The topological polar surface area (TPSA) is 41.1 Å². The molecule has 2 aliphatic rings. The number of carbonyl (C=O) groups is 1. The largest absolute Gasteiger partial charge is 0.347 e. The van der Waals surface area contributed by atoms with Crippen molar-refractivity contribution in [2.24, 2.45) is 5.92 Å². The number of amides is 1. The van der Waals surface area contributed by atoms with Gasteiger partial charge in [0.25, 0.3) is 0 Å². The van der Waals surface area contributed by atoms with Gasteiger partial charge < -0.3 is 10.6 Å². The third-order valence-electron chi connectivity index (χ3n) is 5.13. The van der Waals surface area contributed by atoms with Gasteiger partial charge in [0.05, 0.1) is 11.6 Å². The molecule has 1 amide bonds. The molecule has 1 saturated carbocycles. The Balaban J connectivity index is 1.73. The zero-order chi connectivity index (χ0) is 14.7. The first-order valence-corrected chi connectivity index (χ1v) is 9.16. The van der Waals surface area contributed by atoms with Crippen molar-refractivity contribution in [1.29, 1.82) is 0 Å². The van der Waals surface area contributed by atoms with Crippen molar-refractivity contribution < 1.29 is 4.79 Å². The fourth-order valence-corrected chi connectivity index (χ4v) is 4.60. The number of hydrogen-bond donors (Lipinski definition) is 2. The van der Waals surface area contributed by atoms with Crippen molar-refractivity contribution >= 4 is 17.2 Å². The van der Waals surface area contributed by atoms with Crippen molar-refractivity contribution in [3.63, 3.8) is 0 Å². The third-order valence-corrected chi connectivity index (χ3v) is 6.08. The maximum atomic E-state index is 12.8. The number of thiophene rings is 1. The summed E-state index contributed by atoms with van der Waals surface area (Å²) in [5, 5.41) is 8.92. The Morgan fingerprint density at radius 1 is 1.38 bits per heavy atom. The molecule has 0 spiro atoms. The molecule has 2 atom stereocenters. The lowest BCUT2D eigenvalue weighted by Crippen LogP contribution is -2.57. The molecule has 0 aromatic carbocycles. The molecule has 2 N–H and O–H groups in total. The SMILES string of the molecule is CC1(C(=O)NC(c2cccs2)C2CCCC2)CCCCN1. The van der Waals surface area contributed by atoms with Crippen molar-refractivity contribution in [1.82, 2.24) is 10.6 Å². The standard InChI is InChI=1S/C17H26N2OS/c1-17(10-4-5-11-18-17)16(20)19-15(13-7-2-3-8-13)14-9-6-12-21-14/h6,9,12-13,15,18H,2-5,7-8,10-11H2,1H3,(H,19,20). The number of carbonyl (C=O) groups excluding carboxylic acids is 1. The molecule has 3 rings (SSSR count). The van der Waals surface area contributed by atoms with Crippen molar-refractivity contribution in [3.8, 4) is 0 Å². The van der Waals surface area contributed by atoms with Gasteiger partial charge in [-0.3, -0.25) is 4.79 Å². The van der Waals surface area contributed by atoms with Gasteiger partial charge in [0.1, 0.15) is 0 Å². The van der Waals surface area contributed by atoms with Crippen LogP contribution >= 0.6 is 11.3 Å². The van der Waals surface area contributed by atoms with E-state index in [0.29, 0.717) is 5.92 Å². The van der Waals surface area contributed by atoms with Gasteiger partial charge in [-0.1, -0.05) is 18.9 Å². The van der Waals surface area contributed by atoms with Gasteiger partial charge in [-0.15, -0.1) is 11.3 Å². The van der Waals surface area contributed by atoms with E-state index in [1.54, 1.807) is 11.3 Å². The average molecular weight is 306 g/mol. The summed E-state index contributed by atoms with van der Waals surface area (Å²) in [6.45, 7) is 3.01. The Hall–Kier alpha value is -0.870. The van der Waals surface area contributed by atoms with Crippen LogP contribution in [0.25, 0.3) is 0 Å². The molecule has 2 heterocycles. The summed E-state index contributed by atoms with van der Waals surface area (Å²) in [7, 11) is 0. The first-order valence-electron chi connectivity index (χ1n) is 8.28. The quantitative estimate of drug-likeness (QED) is 0.892. The first kappa shape index (κ1) is 15.0. The Kier molecular flexibility index (Phi) is 4.65. The highest BCUT2D eigenvalue weighted by Gasteiger charge is 2.37. The smallest absolute Gasteiger partial charge is 0.240 e. The highest BCUT2D eigenvalue weighted by atomic mass is 32.1. The van der Waals surface area contributed by atoms with Crippen LogP contribution in [0.5, 0.6) is 0 Å². The predicted octanol–water partition coefficient (Wildman–Crippen LogP) is 3.63. The maximum absolute atomic E-state index is 12.8. The van der Waals surface area contributed by atoms with Gasteiger partial charge in [0, 0.05) is 4.88 Å². The molecule has 1 aromatic rings. The molecule has 1 aliphatic heterocycles. The fourth-order valence-electron chi connectivity index (χ4n) is 3.73. The van der Waals surface area contributed by atoms with Gasteiger partial charge in [-0.05, 0) is 62.9 Å². The van der Waals surface area contributed by atoms with E-state index in [1.165, 1.54) is 37.0 Å². The summed E-state index contributed by atoms with van der Waals surface area (Å²) in [5.41, 5.74) is -0.383. The Labute approximate surface area is 131 Å². The summed E-state index contributed by atoms with van der Waals surface area (Å²) < 4.78 is 0. The number of rotatable bonds is 4. The molecular weight excluding hydrogens is 280 g/mol. The minimum atomic E-state index is -0.383. The Bertz CT molecular complexity index is 459. The second-order valence-electron chi connectivity index (χ2n) is 6.73. The van der Waals surface area contributed by atoms with Crippen LogP contribution in [0.1, 0.15) is 62.8 Å². The zero-order valence-corrected chi connectivity index (χ0v) is 13.7. The summed E-state index contributed by atoms with van der Waals surface area (Å²) in [6.07, 6.45) is 8.36. The third kappa shape index (κ3) is 3.32. The van der Waals surface area contributed by atoms with Gasteiger partial charge >= 0.3 is 0 Å². The van der Waals surface area contributed by atoms with E-state index in [0.717, 1.165) is 19.4 Å². The van der Waals surface area contributed by atoms with E-state index in [9.17, 15) is 4.79 Å². The number of hydrogen-bond acceptors (Lipinski definition) is 3. The van der Waals surface area contributed by atoms with Crippen molar-refractivity contribution in [2.75, 3.05) is 6.54 Å². The lowest BCUT2D eigenvalue weighted by molar-refractivity contribution is -0.129. The van der Waals surface area contributed by atoms with Gasteiger partial charge in [0.2, 0.25) is 5.91 Å². The molecule has 0 bridgehead atoms. The molecule has 0 radical (unpaired) electrons. The molecular formula is C17H26N2OS. The van der Waals surface area contributed by atoms with E-state index in [2.05, 4.69) is 35.1 Å². The van der Waals surface area contributed by atoms with Crippen LogP contribution in [0.4, 0.5) is 0 Å². The van der Waals surface area contributed by atoms with Crippen LogP contribution in [0.15, 0.2) is 17.5 Å². The van der Waals surface area contributed by atoms with E-state index in [4.69, 9.17) is 0 Å². The van der Waals surface area contributed by atoms with Crippen LogP contribution in [0.3, 0.4) is 0 Å². The zero-order valence-electron chi connectivity index (χ0n) is 12.9. The highest BCUT2D eigenvalue weighted by molar-refractivity contribution is 7.10. The summed E-state index contributed by atoms with van der Waals surface area (Å²) in [5.74, 6) is 0.798. The van der Waals surface area contributed by atoms with Crippen LogP contribution in [0, 0.1) is 5.92 Å². The molecule has 4 heteroatoms. The Morgan fingerprint density at radius 2 is 2.19 bits per heavy atom. The first-order chi connectivity index (χ1) is 10.2. The second-order valence-corrected chi connectivity index (χ2v) is 7.71. The molecule has 2 unspecified atom stereocenters. The molecule has 1 aliphatic carbocycles.